The van der Waals surface area contributed by atoms with Crippen LogP contribution in [0.2, 0.25) is 0 Å². The van der Waals surface area contributed by atoms with Gasteiger partial charge in [-0.15, -0.1) is 11.3 Å². The molecule has 4 rings (SSSR count). The van der Waals surface area contributed by atoms with Crippen LogP contribution < -0.4 is 10.1 Å². The topological polar surface area (TPSA) is 103 Å². The Morgan fingerprint density at radius 3 is 2.93 bits per heavy atom. The number of aromatic nitrogens is 4. The van der Waals surface area contributed by atoms with Gasteiger partial charge in [0.2, 0.25) is 17.6 Å². The third-order valence-corrected chi connectivity index (χ3v) is 5.20. The molecule has 0 aliphatic heterocycles. The molecule has 1 aromatic carbocycles. The van der Waals surface area contributed by atoms with E-state index < -0.39 is 0 Å². The minimum atomic E-state index is -0.152. The summed E-state index contributed by atoms with van der Waals surface area (Å²) in [7, 11) is 1.65. The van der Waals surface area contributed by atoms with Crippen molar-refractivity contribution < 1.29 is 14.1 Å². The van der Waals surface area contributed by atoms with E-state index in [0.717, 1.165) is 28.2 Å². The number of amides is 1. The molecule has 0 saturated carbocycles. The van der Waals surface area contributed by atoms with Crippen molar-refractivity contribution in [1.82, 2.24) is 20.1 Å². The van der Waals surface area contributed by atoms with Crippen molar-refractivity contribution in [3.8, 4) is 17.1 Å². The van der Waals surface area contributed by atoms with E-state index >= 15 is 0 Å². The fraction of sp³-hybridized carbons (Fsp3) is 0.190. The first-order valence-corrected chi connectivity index (χ1v) is 10.1. The summed E-state index contributed by atoms with van der Waals surface area (Å²) in [6.45, 7) is 0. The van der Waals surface area contributed by atoms with Crippen molar-refractivity contribution in [3.05, 3.63) is 71.3 Å². The van der Waals surface area contributed by atoms with Crippen molar-refractivity contribution in [2.24, 2.45) is 0 Å². The maximum atomic E-state index is 12.3. The van der Waals surface area contributed by atoms with Crippen LogP contribution in [0.5, 0.6) is 5.75 Å². The predicted molar refractivity (Wildman–Crippen MR) is 112 cm³/mol. The minimum Gasteiger partial charge on any atom is -0.497 e. The number of nitrogens with one attached hydrogen (secondary N) is 1. The number of rotatable bonds is 8. The lowest BCUT2D eigenvalue weighted by Crippen LogP contribution is -2.12. The molecule has 4 aromatic rings. The number of carbonyl (C=O) groups excluding carboxylic acids is 1. The lowest BCUT2D eigenvalue weighted by Gasteiger charge is -2.02. The SMILES string of the molecule is COc1cccc(Cc2cnc(NC(=O)CCc3nc(-c4ccncc4)no3)s2)c1. The zero-order valence-electron chi connectivity index (χ0n) is 16.2. The van der Waals surface area contributed by atoms with Crippen LogP contribution >= 0.6 is 11.3 Å². The van der Waals surface area contributed by atoms with Crippen molar-refractivity contribution in [3.63, 3.8) is 0 Å². The second-order valence-electron chi connectivity index (χ2n) is 6.46. The molecule has 0 saturated heterocycles. The van der Waals surface area contributed by atoms with E-state index in [-0.39, 0.29) is 12.3 Å². The van der Waals surface area contributed by atoms with Gasteiger partial charge in [-0.1, -0.05) is 17.3 Å². The third-order valence-electron chi connectivity index (χ3n) is 4.28. The Hall–Kier alpha value is -3.59. The number of hydrogen-bond acceptors (Lipinski definition) is 8. The molecule has 9 heteroatoms. The number of ether oxygens (including phenoxy) is 1. The normalized spacial score (nSPS) is 10.7. The smallest absolute Gasteiger partial charge is 0.227 e. The number of benzene rings is 1. The molecule has 152 valence electrons. The molecule has 0 bridgehead atoms. The summed E-state index contributed by atoms with van der Waals surface area (Å²) in [5.41, 5.74) is 1.94. The molecule has 0 spiro atoms. The Morgan fingerprint density at radius 1 is 1.23 bits per heavy atom. The fourth-order valence-electron chi connectivity index (χ4n) is 2.81. The van der Waals surface area contributed by atoms with Gasteiger partial charge in [0.1, 0.15) is 5.75 Å². The predicted octanol–water partition coefficient (Wildman–Crippen LogP) is 3.76. The van der Waals surface area contributed by atoms with Gasteiger partial charge in [-0.25, -0.2) is 4.98 Å². The van der Waals surface area contributed by atoms with Crippen molar-refractivity contribution >= 4 is 22.4 Å². The van der Waals surface area contributed by atoms with Gasteiger partial charge < -0.3 is 14.6 Å². The van der Waals surface area contributed by atoms with Gasteiger partial charge in [-0.05, 0) is 29.8 Å². The summed E-state index contributed by atoms with van der Waals surface area (Å²) in [4.78, 5) is 25.9. The Morgan fingerprint density at radius 2 is 2.10 bits per heavy atom. The van der Waals surface area contributed by atoms with E-state index in [0.29, 0.717) is 23.3 Å². The van der Waals surface area contributed by atoms with Crippen molar-refractivity contribution in [2.45, 2.75) is 19.3 Å². The highest BCUT2D eigenvalue weighted by atomic mass is 32.1. The second kappa shape index (κ2) is 9.27. The molecule has 0 unspecified atom stereocenters. The number of carbonyl (C=O) groups is 1. The Kier molecular flexibility index (Phi) is 6.09. The van der Waals surface area contributed by atoms with Gasteiger partial charge in [-0.3, -0.25) is 9.78 Å². The molecule has 0 radical (unpaired) electrons. The van der Waals surface area contributed by atoms with Crippen LogP contribution in [-0.2, 0) is 17.6 Å². The highest BCUT2D eigenvalue weighted by Gasteiger charge is 2.12. The van der Waals surface area contributed by atoms with E-state index in [2.05, 4.69) is 25.4 Å². The van der Waals surface area contributed by atoms with Crippen molar-refractivity contribution in [1.29, 1.82) is 0 Å². The van der Waals surface area contributed by atoms with Gasteiger partial charge >= 0.3 is 0 Å². The van der Waals surface area contributed by atoms with Crippen LogP contribution in [0.15, 0.2) is 59.5 Å². The highest BCUT2D eigenvalue weighted by Crippen LogP contribution is 2.23. The quantitative estimate of drug-likeness (QED) is 0.462. The average molecular weight is 421 g/mol. The maximum absolute atomic E-state index is 12.3. The number of pyridine rings is 1. The van der Waals surface area contributed by atoms with Crippen molar-refractivity contribution in [2.75, 3.05) is 12.4 Å². The molecule has 1 N–H and O–H groups in total. The lowest BCUT2D eigenvalue weighted by atomic mass is 10.1. The van der Waals surface area contributed by atoms with E-state index in [4.69, 9.17) is 9.26 Å². The summed E-state index contributed by atoms with van der Waals surface area (Å²) < 4.78 is 10.5. The van der Waals surface area contributed by atoms with Gasteiger partial charge in [-0.2, -0.15) is 4.98 Å². The standard InChI is InChI=1S/C21H19N5O3S/c1-28-16-4-2-3-14(11-16)12-17-13-23-21(30-17)24-18(27)5-6-19-25-20(26-29-19)15-7-9-22-10-8-15/h2-4,7-11,13H,5-6,12H2,1H3,(H,23,24,27). The van der Waals surface area contributed by atoms with Crippen LogP contribution in [0.25, 0.3) is 11.4 Å². The zero-order valence-corrected chi connectivity index (χ0v) is 17.1. The molecule has 0 aliphatic rings. The Balaban J connectivity index is 1.29. The number of aryl methyl sites for hydroxylation is 1. The summed E-state index contributed by atoms with van der Waals surface area (Å²) >= 11 is 1.45. The van der Waals surface area contributed by atoms with E-state index in [1.54, 1.807) is 37.8 Å². The Bertz CT molecular complexity index is 1130. The summed E-state index contributed by atoms with van der Waals surface area (Å²) in [5.74, 6) is 1.56. The molecular formula is C21H19N5O3S. The van der Waals surface area contributed by atoms with Gasteiger partial charge in [0.25, 0.3) is 0 Å². The molecule has 0 fully saturated rings. The van der Waals surface area contributed by atoms with E-state index in [1.165, 1.54) is 11.3 Å². The highest BCUT2D eigenvalue weighted by molar-refractivity contribution is 7.15. The van der Waals surface area contributed by atoms with Crippen LogP contribution in [0.1, 0.15) is 22.8 Å². The molecule has 3 aromatic heterocycles. The van der Waals surface area contributed by atoms with Crippen LogP contribution in [0, 0.1) is 0 Å². The minimum absolute atomic E-state index is 0.152. The first-order chi connectivity index (χ1) is 14.7. The molecule has 3 heterocycles. The van der Waals surface area contributed by atoms with E-state index in [1.807, 2.05) is 24.3 Å². The lowest BCUT2D eigenvalue weighted by molar-refractivity contribution is -0.116. The molecule has 0 aliphatic carbocycles. The second-order valence-corrected chi connectivity index (χ2v) is 7.57. The average Bonchev–Trinajstić information content (AvgIpc) is 3.43. The zero-order chi connectivity index (χ0) is 20.8. The first kappa shape index (κ1) is 19.7. The van der Waals surface area contributed by atoms with Gasteiger partial charge in [0, 0.05) is 48.3 Å². The van der Waals surface area contributed by atoms with Crippen LogP contribution in [-0.4, -0.2) is 33.1 Å². The number of thiazole rings is 1. The number of anilines is 1. The number of nitrogens with zero attached hydrogens (tertiary/aromatic N) is 4. The summed E-state index contributed by atoms with van der Waals surface area (Å²) in [5, 5.41) is 7.33. The third kappa shape index (κ3) is 5.06. The van der Waals surface area contributed by atoms with E-state index in [9.17, 15) is 4.79 Å². The van der Waals surface area contributed by atoms with Crippen LogP contribution in [0.4, 0.5) is 5.13 Å². The Labute approximate surface area is 177 Å². The fourth-order valence-corrected chi connectivity index (χ4v) is 3.67. The largest absolute Gasteiger partial charge is 0.497 e. The molecular weight excluding hydrogens is 402 g/mol. The molecule has 30 heavy (non-hydrogen) atoms. The molecule has 0 atom stereocenters. The first-order valence-electron chi connectivity index (χ1n) is 9.30. The van der Waals surface area contributed by atoms with Gasteiger partial charge in [0.05, 0.1) is 7.11 Å². The molecule has 1 amide bonds. The number of methoxy groups -OCH3 is 1. The summed E-state index contributed by atoms with van der Waals surface area (Å²) in [6.07, 6.45) is 6.41. The molecule has 8 nitrogen and oxygen atoms in total. The van der Waals surface area contributed by atoms with Gasteiger partial charge in [0.15, 0.2) is 5.13 Å². The van der Waals surface area contributed by atoms with Crippen LogP contribution in [0.3, 0.4) is 0 Å². The maximum Gasteiger partial charge on any atom is 0.227 e. The number of hydrogen-bond donors (Lipinski definition) is 1. The summed E-state index contributed by atoms with van der Waals surface area (Å²) in [6, 6.07) is 11.5. The monoisotopic (exact) mass is 421 g/mol.